The van der Waals surface area contributed by atoms with E-state index in [4.69, 9.17) is 20.9 Å². The maximum Gasteiger partial charge on any atom is 0.303 e. The Morgan fingerprint density at radius 2 is 1.93 bits per heavy atom. The minimum absolute atomic E-state index is 0.0529. The maximum atomic E-state index is 12.0. The highest BCUT2D eigenvalue weighted by molar-refractivity contribution is 6.30. The topological polar surface area (TPSA) is 85.5 Å². The van der Waals surface area contributed by atoms with Crippen molar-refractivity contribution >= 4 is 23.5 Å². The fraction of sp³-hybridized carbons (Fsp3) is 0.474. The van der Waals surface area contributed by atoms with E-state index in [-0.39, 0.29) is 17.7 Å². The first kappa shape index (κ1) is 19.4. The Morgan fingerprint density at radius 1 is 1.26 bits per heavy atom. The zero-order valence-electron chi connectivity index (χ0n) is 15.3. The first-order valence-electron chi connectivity index (χ1n) is 8.94. The highest BCUT2D eigenvalue weighted by Crippen LogP contribution is 2.30. The SMILES string of the molecule is CC(=O)OC(c1ccccc1)c1nc(C2CCN(C(=O)C(C)Cl)CC2)no1. The molecule has 3 rings (SSSR count). The van der Waals surface area contributed by atoms with Crippen LogP contribution < -0.4 is 0 Å². The van der Waals surface area contributed by atoms with Gasteiger partial charge in [-0.15, -0.1) is 11.6 Å². The van der Waals surface area contributed by atoms with Crippen LogP contribution in [0.3, 0.4) is 0 Å². The van der Waals surface area contributed by atoms with Crippen LogP contribution in [0.15, 0.2) is 34.9 Å². The molecule has 8 heteroatoms. The van der Waals surface area contributed by atoms with Gasteiger partial charge in [0.15, 0.2) is 5.82 Å². The van der Waals surface area contributed by atoms with Gasteiger partial charge in [0.25, 0.3) is 5.89 Å². The fourth-order valence-electron chi connectivity index (χ4n) is 3.18. The third kappa shape index (κ3) is 4.66. The summed E-state index contributed by atoms with van der Waals surface area (Å²) in [6, 6.07) is 9.27. The Kier molecular flexibility index (Phi) is 6.11. The smallest absolute Gasteiger partial charge is 0.303 e. The number of aromatic nitrogens is 2. The van der Waals surface area contributed by atoms with E-state index in [0.717, 1.165) is 18.4 Å². The normalized spacial score (nSPS) is 17.4. The van der Waals surface area contributed by atoms with E-state index >= 15 is 0 Å². The van der Waals surface area contributed by atoms with E-state index in [2.05, 4.69) is 10.1 Å². The summed E-state index contributed by atoms with van der Waals surface area (Å²) in [5, 5.41) is 3.57. The second-order valence-electron chi connectivity index (χ2n) is 6.61. The Hall–Kier alpha value is -2.41. The molecule has 0 radical (unpaired) electrons. The number of hydrogen-bond acceptors (Lipinski definition) is 6. The summed E-state index contributed by atoms with van der Waals surface area (Å²) in [5.41, 5.74) is 0.763. The van der Waals surface area contributed by atoms with Crippen LogP contribution in [0.4, 0.5) is 0 Å². The number of halogens is 1. The van der Waals surface area contributed by atoms with E-state index in [1.165, 1.54) is 6.92 Å². The number of carbonyl (C=O) groups is 2. The monoisotopic (exact) mass is 391 g/mol. The number of benzene rings is 1. The molecule has 1 fully saturated rings. The lowest BCUT2D eigenvalue weighted by molar-refractivity contribution is -0.145. The summed E-state index contributed by atoms with van der Waals surface area (Å²) in [5.74, 6) is 0.433. The molecule has 2 atom stereocenters. The highest BCUT2D eigenvalue weighted by atomic mass is 35.5. The largest absolute Gasteiger partial charge is 0.447 e. The van der Waals surface area contributed by atoms with Crippen LogP contribution in [0.5, 0.6) is 0 Å². The molecule has 2 heterocycles. The molecule has 1 aliphatic heterocycles. The van der Waals surface area contributed by atoms with Crippen molar-refractivity contribution in [3.8, 4) is 0 Å². The standard InChI is InChI=1S/C19H22ClN3O4/c1-12(20)19(25)23-10-8-15(9-11-23)17-21-18(27-22-17)16(26-13(2)24)14-6-4-3-5-7-14/h3-7,12,15-16H,8-11H2,1-2H3. The van der Waals surface area contributed by atoms with Gasteiger partial charge in [-0.1, -0.05) is 35.5 Å². The first-order valence-corrected chi connectivity index (χ1v) is 9.38. The summed E-state index contributed by atoms with van der Waals surface area (Å²) in [6.45, 7) is 4.24. The number of piperidine rings is 1. The zero-order valence-corrected chi connectivity index (χ0v) is 16.1. The van der Waals surface area contributed by atoms with Gasteiger partial charge in [0.05, 0.1) is 0 Å². The van der Waals surface area contributed by atoms with Gasteiger partial charge in [-0.25, -0.2) is 0 Å². The Bertz CT molecular complexity index is 785. The molecule has 7 nitrogen and oxygen atoms in total. The van der Waals surface area contributed by atoms with E-state index in [0.29, 0.717) is 18.9 Å². The van der Waals surface area contributed by atoms with Crippen molar-refractivity contribution in [1.82, 2.24) is 15.0 Å². The summed E-state index contributed by atoms with van der Waals surface area (Å²) >= 11 is 5.88. The number of carbonyl (C=O) groups excluding carboxylic acids is 2. The lowest BCUT2D eigenvalue weighted by atomic mass is 9.96. The van der Waals surface area contributed by atoms with E-state index in [1.54, 1.807) is 11.8 Å². The summed E-state index contributed by atoms with van der Waals surface area (Å²) in [4.78, 5) is 29.7. The van der Waals surface area contributed by atoms with Crippen molar-refractivity contribution in [2.45, 2.75) is 44.1 Å². The van der Waals surface area contributed by atoms with Gasteiger partial charge in [0.1, 0.15) is 5.38 Å². The molecule has 0 N–H and O–H groups in total. The maximum absolute atomic E-state index is 12.0. The number of alkyl halides is 1. The summed E-state index contributed by atoms with van der Waals surface area (Å²) in [7, 11) is 0. The van der Waals surface area contributed by atoms with E-state index < -0.39 is 17.5 Å². The third-order valence-electron chi connectivity index (χ3n) is 4.58. The number of amides is 1. The molecule has 0 spiro atoms. The molecule has 2 unspecified atom stereocenters. The predicted molar refractivity (Wildman–Crippen MR) is 98.2 cm³/mol. The lowest BCUT2D eigenvalue weighted by Crippen LogP contribution is -2.41. The minimum Gasteiger partial charge on any atom is -0.447 e. The van der Waals surface area contributed by atoms with Crippen LogP contribution in [0.2, 0.25) is 0 Å². The fourth-order valence-corrected chi connectivity index (χ4v) is 3.32. The average Bonchev–Trinajstić information content (AvgIpc) is 3.16. The third-order valence-corrected chi connectivity index (χ3v) is 4.77. The summed E-state index contributed by atoms with van der Waals surface area (Å²) < 4.78 is 10.8. The van der Waals surface area contributed by atoms with Crippen molar-refractivity contribution in [3.05, 3.63) is 47.6 Å². The van der Waals surface area contributed by atoms with Crippen LogP contribution >= 0.6 is 11.6 Å². The van der Waals surface area contributed by atoms with Gasteiger partial charge in [0.2, 0.25) is 12.0 Å². The van der Waals surface area contributed by atoms with Gasteiger partial charge < -0.3 is 14.2 Å². The van der Waals surface area contributed by atoms with E-state index in [1.807, 2.05) is 30.3 Å². The van der Waals surface area contributed by atoms with Crippen LogP contribution in [0, 0.1) is 0 Å². The Morgan fingerprint density at radius 3 is 2.52 bits per heavy atom. The summed E-state index contributed by atoms with van der Waals surface area (Å²) in [6.07, 6.45) is 0.735. The molecule has 2 aromatic rings. The van der Waals surface area contributed by atoms with Crippen molar-refractivity contribution < 1.29 is 18.8 Å². The van der Waals surface area contributed by atoms with Crippen LogP contribution in [-0.4, -0.2) is 45.4 Å². The van der Waals surface area contributed by atoms with Gasteiger partial charge >= 0.3 is 5.97 Å². The molecule has 0 aliphatic carbocycles. The minimum atomic E-state index is -0.733. The van der Waals surface area contributed by atoms with Gasteiger partial charge in [-0.3, -0.25) is 9.59 Å². The zero-order chi connectivity index (χ0) is 19.4. The van der Waals surface area contributed by atoms with Crippen LogP contribution in [0.25, 0.3) is 0 Å². The molecule has 0 bridgehead atoms. The predicted octanol–water partition coefficient (Wildman–Crippen LogP) is 3.06. The van der Waals surface area contributed by atoms with E-state index in [9.17, 15) is 9.59 Å². The molecule has 1 amide bonds. The highest BCUT2D eigenvalue weighted by Gasteiger charge is 2.30. The van der Waals surface area contributed by atoms with Gasteiger partial charge in [0, 0.05) is 31.5 Å². The van der Waals surface area contributed by atoms with Crippen molar-refractivity contribution in [2.75, 3.05) is 13.1 Å². The van der Waals surface area contributed by atoms with Crippen molar-refractivity contribution in [2.24, 2.45) is 0 Å². The average molecular weight is 392 g/mol. The second-order valence-corrected chi connectivity index (χ2v) is 7.26. The quantitative estimate of drug-likeness (QED) is 0.575. The first-order chi connectivity index (χ1) is 13.0. The second kappa shape index (κ2) is 8.52. The molecule has 1 aliphatic rings. The Labute approximate surface area is 162 Å². The number of ether oxygens (including phenoxy) is 1. The molecule has 144 valence electrons. The molecular weight excluding hydrogens is 370 g/mol. The number of esters is 1. The molecule has 0 saturated carbocycles. The molecule has 1 saturated heterocycles. The van der Waals surface area contributed by atoms with Crippen molar-refractivity contribution in [1.29, 1.82) is 0 Å². The number of nitrogens with zero attached hydrogens (tertiary/aromatic N) is 3. The number of hydrogen-bond donors (Lipinski definition) is 0. The lowest BCUT2D eigenvalue weighted by Gasteiger charge is -2.31. The van der Waals surface area contributed by atoms with Crippen LogP contribution in [0.1, 0.15) is 56.0 Å². The Balaban J connectivity index is 1.72. The molecule has 27 heavy (non-hydrogen) atoms. The molecule has 1 aromatic carbocycles. The van der Waals surface area contributed by atoms with Gasteiger partial charge in [-0.05, 0) is 19.8 Å². The molecule has 1 aromatic heterocycles. The van der Waals surface area contributed by atoms with Gasteiger partial charge in [-0.2, -0.15) is 4.98 Å². The van der Waals surface area contributed by atoms with Crippen LogP contribution in [-0.2, 0) is 14.3 Å². The van der Waals surface area contributed by atoms with Crippen molar-refractivity contribution in [3.63, 3.8) is 0 Å². The number of rotatable bonds is 5. The number of likely N-dealkylation sites (tertiary alicyclic amines) is 1. The molecular formula is C19H22ClN3O4.